The molecule has 128 valence electrons. The summed E-state index contributed by atoms with van der Waals surface area (Å²) in [6.07, 6.45) is 0. The van der Waals surface area contributed by atoms with Gasteiger partial charge in [0.15, 0.2) is 5.13 Å². The van der Waals surface area contributed by atoms with E-state index in [9.17, 15) is 4.79 Å². The highest BCUT2D eigenvalue weighted by Gasteiger charge is 2.16. The average molecular weight is 372 g/mol. The zero-order chi connectivity index (χ0) is 18.0. The summed E-state index contributed by atoms with van der Waals surface area (Å²) in [5, 5.41) is 7.51. The number of amides is 1. The van der Waals surface area contributed by atoms with E-state index in [2.05, 4.69) is 15.6 Å². The smallest absolute Gasteiger partial charge is 0.267 e. The van der Waals surface area contributed by atoms with Crippen molar-refractivity contribution in [3.8, 4) is 0 Å². The van der Waals surface area contributed by atoms with Crippen molar-refractivity contribution < 1.29 is 4.79 Å². The van der Waals surface area contributed by atoms with Crippen LogP contribution >= 0.6 is 22.9 Å². The predicted molar refractivity (Wildman–Crippen MR) is 105 cm³/mol. The van der Waals surface area contributed by atoms with Crippen LogP contribution in [0.25, 0.3) is 0 Å². The Morgan fingerprint density at radius 2 is 1.72 bits per heavy atom. The molecule has 0 saturated carbocycles. The van der Waals surface area contributed by atoms with Crippen molar-refractivity contribution in [2.24, 2.45) is 0 Å². The van der Waals surface area contributed by atoms with Crippen LogP contribution in [0.4, 0.5) is 16.5 Å². The highest BCUT2D eigenvalue weighted by molar-refractivity contribution is 7.17. The second kappa shape index (κ2) is 7.25. The molecule has 0 radical (unpaired) electrons. The normalized spacial score (nSPS) is 10.6. The molecule has 0 bridgehead atoms. The van der Waals surface area contributed by atoms with Gasteiger partial charge in [-0.15, -0.1) is 0 Å². The molecule has 0 fully saturated rings. The van der Waals surface area contributed by atoms with Crippen molar-refractivity contribution in [3.63, 3.8) is 0 Å². The molecule has 0 saturated heterocycles. The number of rotatable bonds is 4. The Balaban J connectivity index is 1.75. The average Bonchev–Trinajstić information content (AvgIpc) is 2.94. The first-order valence-corrected chi connectivity index (χ1v) is 9.00. The summed E-state index contributed by atoms with van der Waals surface area (Å²) < 4.78 is 0. The van der Waals surface area contributed by atoms with Crippen molar-refractivity contribution in [2.45, 2.75) is 20.8 Å². The number of aryl methyl sites for hydroxylation is 3. The maximum absolute atomic E-state index is 12.5. The molecule has 4 nitrogen and oxygen atoms in total. The van der Waals surface area contributed by atoms with Gasteiger partial charge >= 0.3 is 0 Å². The van der Waals surface area contributed by atoms with Crippen molar-refractivity contribution >= 4 is 45.4 Å². The molecular formula is C19H18ClN3OS. The SMILES string of the molecule is Cc1ccc(Nc2nc(C)c(C(=O)Nc3ccc(Cl)c(C)c3)s2)cc1. The molecule has 1 heterocycles. The minimum absolute atomic E-state index is 0.173. The predicted octanol–water partition coefficient (Wildman–Crippen LogP) is 5.72. The van der Waals surface area contributed by atoms with Crippen LogP contribution < -0.4 is 10.6 Å². The topological polar surface area (TPSA) is 54.0 Å². The van der Waals surface area contributed by atoms with Gasteiger partial charge in [0.1, 0.15) is 4.88 Å². The van der Waals surface area contributed by atoms with E-state index in [4.69, 9.17) is 11.6 Å². The number of aromatic nitrogens is 1. The number of anilines is 3. The number of halogens is 1. The van der Waals surface area contributed by atoms with Gasteiger partial charge in [-0.05, 0) is 56.7 Å². The standard InChI is InChI=1S/C19H18ClN3OS/c1-11-4-6-14(7-5-11)23-19-21-13(3)17(25-19)18(24)22-15-8-9-16(20)12(2)10-15/h4-10H,1-3H3,(H,21,23)(H,22,24). The van der Waals surface area contributed by atoms with Gasteiger partial charge in [-0.3, -0.25) is 4.79 Å². The third-order valence-electron chi connectivity index (χ3n) is 3.72. The van der Waals surface area contributed by atoms with E-state index < -0.39 is 0 Å². The lowest BCUT2D eigenvalue weighted by Crippen LogP contribution is -2.11. The lowest BCUT2D eigenvalue weighted by atomic mass is 10.2. The van der Waals surface area contributed by atoms with Gasteiger partial charge in [0.2, 0.25) is 0 Å². The first kappa shape index (κ1) is 17.5. The number of hydrogen-bond acceptors (Lipinski definition) is 4. The zero-order valence-corrected chi connectivity index (χ0v) is 15.8. The van der Waals surface area contributed by atoms with Crippen LogP contribution in [0.2, 0.25) is 5.02 Å². The lowest BCUT2D eigenvalue weighted by molar-refractivity contribution is 0.103. The number of nitrogens with zero attached hydrogens (tertiary/aromatic N) is 1. The van der Waals surface area contributed by atoms with Gasteiger partial charge in [-0.1, -0.05) is 40.6 Å². The molecule has 2 N–H and O–H groups in total. The van der Waals surface area contributed by atoms with Crippen molar-refractivity contribution in [1.82, 2.24) is 4.98 Å². The van der Waals surface area contributed by atoms with Crippen LogP contribution in [0.5, 0.6) is 0 Å². The maximum atomic E-state index is 12.5. The van der Waals surface area contributed by atoms with Crippen LogP contribution in [0.15, 0.2) is 42.5 Å². The summed E-state index contributed by atoms with van der Waals surface area (Å²) in [4.78, 5) is 17.6. The van der Waals surface area contributed by atoms with Crippen LogP contribution in [0.1, 0.15) is 26.5 Å². The van der Waals surface area contributed by atoms with E-state index >= 15 is 0 Å². The molecule has 2 aromatic carbocycles. The van der Waals surface area contributed by atoms with E-state index in [-0.39, 0.29) is 5.91 Å². The molecule has 0 spiro atoms. The van der Waals surface area contributed by atoms with Crippen LogP contribution in [-0.4, -0.2) is 10.9 Å². The maximum Gasteiger partial charge on any atom is 0.267 e. The molecule has 6 heteroatoms. The lowest BCUT2D eigenvalue weighted by Gasteiger charge is -2.06. The summed E-state index contributed by atoms with van der Waals surface area (Å²) in [5.74, 6) is -0.173. The van der Waals surface area contributed by atoms with E-state index in [0.29, 0.717) is 26.4 Å². The molecule has 0 unspecified atom stereocenters. The van der Waals surface area contributed by atoms with Crippen LogP contribution in [0, 0.1) is 20.8 Å². The number of carbonyl (C=O) groups excluding carboxylic acids is 1. The Bertz CT molecular complexity index is 919. The highest BCUT2D eigenvalue weighted by Crippen LogP contribution is 2.27. The second-order valence-corrected chi connectivity index (χ2v) is 7.25. The zero-order valence-electron chi connectivity index (χ0n) is 14.2. The summed E-state index contributed by atoms with van der Waals surface area (Å²) in [7, 11) is 0. The fourth-order valence-corrected chi connectivity index (χ4v) is 3.33. The Morgan fingerprint density at radius 1 is 1.04 bits per heavy atom. The molecule has 3 aromatic rings. The van der Waals surface area contributed by atoms with Crippen LogP contribution in [0.3, 0.4) is 0 Å². The number of hydrogen-bond donors (Lipinski definition) is 2. The summed E-state index contributed by atoms with van der Waals surface area (Å²) in [5.41, 5.74) is 4.47. The first-order valence-electron chi connectivity index (χ1n) is 7.81. The number of nitrogens with one attached hydrogen (secondary N) is 2. The third-order valence-corrected chi connectivity index (χ3v) is 5.22. The minimum atomic E-state index is -0.173. The van der Waals surface area contributed by atoms with E-state index in [1.54, 1.807) is 12.1 Å². The van der Waals surface area contributed by atoms with E-state index in [0.717, 1.165) is 11.3 Å². The van der Waals surface area contributed by atoms with Crippen LogP contribution in [-0.2, 0) is 0 Å². The fraction of sp³-hybridized carbons (Fsp3) is 0.158. The van der Waals surface area contributed by atoms with Crippen molar-refractivity contribution in [1.29, 1.82) is 0 Å². The molecule has 0 aliphatic rings. The molecule has 0 aliphatic heterocycles. The Labute approximate surface area is 155 Å². The molecular weight excluding hydrogens is 354 g/mol. The van der Waals surface area contributed by atoms with E-state index in [1.165, 1.54) is 16.9 Å². The van der Waals surface area contributed by atoms with E-state index in [1.807, 2.05) is 51.1 Å². The number of thiazole rings is 1. The molecule has 1 aromatic heterocycles. The second-order valence-electron chi connectivity index (χ2n) is 5.84. The molecule has 0 aliphatic carbocycles. The monoisotopic (exact) mass is 371 g/mol. The minimum Gasteiger partial charge on any atom is -0.332 e. The van der Waals surface area contributed by atoms with Gasteiger partial charge in [-0.25, -0.2) is 4.98 Å². The van der Waals surface area contributed by atoms with Crippen molar-refractivity contribution in [3.05, 3.63) is 69.2 Å². The van der Waals surface area contributed by atoms with Gasteiger partial charge in [0.25, 0.3) is 5.91 Å². The van der Waals surface area contributed by atoms with Gasteiger partial charge in [0.05, 0.1) is 5.69 Å². The molecule has 0 atom stereocenters. The highest BCUT2D eigenvalue weighted by atomic mass is 35.5. The van der Waals surface area contributed by atoms with Gasteiger partial charge in [0, 0.05) is 16.4 Å². The van der Waals surface area contributed by atoms with Gasteiger partial charge in [-0.2, -0.15) is 0 Å². The third kappa shape index (κ3) is 4.18. The summed E-state index contributed by atoms with van der Waals surface area (Å²) in [6, 6.07) is 13.4. The Hall–Kier alpha value is -2.37. The molecule has 1 amide bonds. The number of carbonyl (C=O) groups is 1. The Morgan fingerprint density at radius 3 is 2.40 bits per heavy atom. The quantitative estimate of drug-likeness (QED) is 0.616. The summed E-state index contributed by atoms with van der Waals surface area (Å²) in [6.45, 7) is 5.77. The summed E-state index contributed by atoms with van der Waals surface area (Å²) >= 11 is 7.35. The first-order chi connectivity index (χ1) is 11.9. The molecule has 25 heavy (non-hydrogen) atoms. The number of benzene rings is 2. The van der Waals surface area contributed by atoms with Crippen molar-refractivity contribution in [2.75, 3.05) is 10.6 Å². The largest absolute Gasteiger partial charge is 0.332 e. The molecule has 3 rings (SSSR count). The van der Waals surface area contributed by atoms with Gasteiger partial charge < -0.3 is 10.6 Å². The Kier molecular flexibility index (Phi) is 5.06. The fourth-order valence-electron chi connectivity index (χ4n) is 2.33.